The third kappa shape index (κ3) is 1.90. The van der Waals surface area contributed by atoms with E-state index in [-0.39, 0.29) is 0 Å². The molecule has 0 aliphatic heterocycles. The molecule has 0 aromatic carbocycles. The van der Waals surface area contributed by atoms with Crippen LogP contribution < -0.4 is 5.73 Å². The molecule has 0 atom stereocenters. The first-order valence-corrected chi connectivity index (χ1v) is 3.55. The zero-order chi connectivity index (χ0) is 8.97. The first-order valence-electron chi connectivity index (χ1n) is 3.55. The third-order valence-electron chi connectivity index (χ3n) is 1.41. The first kappa shape index (κ1) is 8.42. The van der Waals surface area contributed by atoms with E-state index in [1.807, 2.05) is 6.92 Å². The van der Waals surface area contributed by atoms with Gasteiger partial charge in [-0.15, -0.1) is 0 Å². The number of hydrogen-bond acceptors (Lipinski definition) is 3. The fraction of sp³-hybridized carbons (Fsp3) is 0.500. The number of rotatable bonds is 3. The van der Waals surface area contributed by atoms with Crippen LogP contribution in [0.2, 0.25) is 0 Å². The van der Waals surface area contributed by atoms with Crippen LogP contribution in [0, 0.1) is 6.92 Å². The van der Waals surface area contributed by atoms with Gasteiger partial charge in [0.25, 0.3) is 0 Å². The maximum atomic E-state index is 8.02. The van der Waals surface area contributed by atoms with Crippen molar-refractivity contribution in [2.75, 3.05) is 12.3 Å². The van der Waals surface area contributed by atoms with Gasteiger partial charge in [-0.3, -0.25) is 0 Å². The molecule has 0 fully saturated rings. The predicted octanol–water partition coefficient (Wildman–Crippen LogP) is 1.08. The maximum Gasteiger partial charge on any atom is 0.121 e. The molecule has 0 bridgehead atoms. The van der Waals surface area contributed by atoms with Crippen molar-refractivity contribution in [3.8, 4) is 0 Å². The lowest BCUT2D eigenvalue weighted by Crippen LogP contribution is -2.06. The average molecular weight is 166 g/mol. The molecule has 6 heteroatoms. The number of aryl methyl sites for hydroxylation is 1. The highest BCUT2D eigenvalue weighted by Gasteiger charge is 1.98. The molecule has 0 radical (unpaired) electrons. The Hall–Kier alpha value is -1.68. The number of nitrogens with zero attached hydrogens (tertiary/aromatic N) is 5. The third-order valence-corrected chi connectivity index (χ3v) is 1.41. The van der Waals surface area contributed by atoms with Crippen LogP contribution in [-0.2, 0) is 6.54 Å². The Labute approximate surface area is 69.6 Å². The van der Waals surface area contributed by atoms with Crippen molar-refractivity contribution in [1.29, 1.82) is 0 Å². The van der Waals surface area contributed by atoms with Gasteiger partial charge < -0.3 is 5.73 Å². The van der Waals surface area contributed by atoms with Gasteiger partial charge in [0.15, 0.2) is 0 Å². The zero-order valence-corrected chi connectivity index (χ0v) is 6.80. The second-order valence-corrected chi connectivity index (χ2v) is 2.39. The van der Waals surface area contributed by atoms with E-state index in [4.69, 9.17) is 11.3 Å². The van der Waals surface area contributed by atoms with Gasteiger partial charge in [-0.1, -0.05) is 5.11 Å². The van der Waals surface area contributed by atoms with Crippen LogP contribution in [0.3, 0.4) is 0 Å². The summed E-state index contributed by atoms with van der Waals surface area (Å²) in [5.74, 6) is 0.598. The number of anilines is 1. The van der Waals surface area contributed by atoms with Crippen LogP contribution in [-0.4, -0.2) is 16.3 Å². The van der Waals surface area contributed by atoms with Crippen molar-refractivity contribution in [2.45, 2.75) is 13.5 Å². The van der Waals surface area contributed by atoms with Crippen molar-refractivity contribution in [3.63, 3.8) is 0 Å². The summed E-state index contributed by atoms with van der Waals surface area (Å²) in [5, 5.41) is 7.47. The molecule has 1 aromatic heterocycles. The van der Waals surface area contributed by atoms with Crippen LogP contribution in [0.25, 0.3) is 10.4 Å². The van der Waals surface area contributed by atoms with E-state index in [0.717, 1.165) is 5.69 Å². The van der Waals surface area contributed by atoms with Gasteiger partial charge in [0.05, 0.1) is 5.69 Å². The van der Waals surface area contributed by atoms with Crippen molar-refractivity contribution in [1.82, 2.24) is 9.78 Å². The Morgan fingerprint density at radius 1 is 1.83 bits per heavy atom. The molecule has 6 nitrogen and oxygen atoms in total. The molecule has 0 aliphatic carbocycles. The van der Waals surface area contributed by atoms with Crippen LogP contribution >= 0.6 is 0 Å². The average Bonchev–Trinajstić information content (AvgIpc) is 2.31. The van der Waals surface area contributed by atoms with Crippen LogP contribution in [0.5, 0.6) is 0 Å². The summed E-state index contributed by atoms with van der Waals surface area (Å²) in [7, 11) is 0. The summed E-state index contributed by atoms with van der Waals surface area (Å²) in [6.45, 7) is 2.77. The number of azide groups is 1. The monoisotopic (exact) mass is 166 g/mol. The fourth-order valence-corrected chi connectivity index (χ4v) is 0.929. The Balaban J connectivity index is 2.62. The van der Waals surface area contributed by atoms with Crippen molar-refractivity contribution in [2.24, 2.45) is 5.11 Å². The Morgan fingerprint density at radius 2 is 2.58 bits per heavy atom. The van der Waals surface area contributed by atoms with E-state index in [1.165, 1.54) is 0 Å². The highest BCUT2D eigenvalue weighted by molar-refractivity contribution is 5.29. The highest BCUT2D eigenvalue weighted by Crippen LogP contribution is 2.04. The molecular formula is C6H10N6. The number of hydrogen-bond donors (Lipinski definition) is 1. The number of nitrogens with two attached hydrogens (primary N) is 1. The molecule has 1 aromatic rings. The van der Waals surface area contributed by atoms with Gasteiger partial charge in [-0.25, -0.2) is 4.68 Å². The molecule has 1 heterocycles. The minimum absolute atomic E-state index is 0.377. The van der Waals surface area contributed by atoms with Gasteiger partial charge in [-0.05, 0) is 12.5 Å². The standard InChI is InChI=1S/C6H10N6/c1-5-4-6(7)12(10-5)3-2-9-11-8/h4H,2-3,7H2,1H3. The van der Waals surface area contributed by atoms with Gasteiger partial charge >= 0.3 is 0 Å². The van der Waals surface area contributed by atoms with Crippen molar-refractivity contribution in [3.05, 3.63) is 22.2 Å². The lowest BCUT2D eigenvalue weighted by molar-refractivity contribution is 0.627. The molecule has 1 rings (SSSR count). The van der Waals surface area contributed by atoms with E-state index in [0.29, 0.717) is 18.9 Å². The lowest BCUT2D eigenvalue weighted by atomic mass is 10.5. The van der Waals surface area contributed by atoms with E-state index < -0.39 is 0 Å². The summed E-state index contributed by atoms with van der Waals surface area (Å²) in [6.07, 6.45) is 0. The van der Waals surface area contributed by atoms with E-state index in [1.54, 1.807) is 10.7 Å². The molecule has 0 saturated carbocycles. The second kappa shape index (κ2) is 3.64. The van der Waals surface area contributed by atoms with Crippen LogP contribution in [0.1, 0.15) is 5.69 Å². The van der Waals surface area contributed by atoms with Gasteiger partial charge in [-0.2, -0.15) is 5.10 Å². The normalized spacial score (nSPS) is 9.42. The zero-order valence-electron chi connectivity index (χ0n) is 6.80. The summed E-state index contributed by atoms with van der Waals surface area (Å²) in [6, 6.07) is 1.77. The SMILES string of the molecule is Cc1cc(N)n(CCN=[N+]=[N-])n1. The Morgan fingerprint density at radius 3 is 3.08 bits per heavy atom. The van der Waals surface area contributed by atoms with Gasteiger partial charge in [0, 0.05) is 24.1 Å². The quantitative estimate of drug-likeness (QED) is 0.413. The minimum atomic E-state index is 0.377. The molecule has 0 aliphatic rings. The Kier molecular flexibility index (Phi) is 2.55. The first-order chi connectivity index (χ1) is 5.74. The van der Waals surface area contributed by atoms with E-state index >= 15 is 0 Å². The summed E-state index contributed by atoms with van der Waals surface area (Å²) >= 11 is 0. The summed E-state index contributed by atoms with van der Waals surface area (Å²) < 4.78 is 1.62. The minimum Gasteiger partial charge on any atom is -0.384 e. The smallest absolute Gasteiger partial charge is 0.121 e. The maximum absolute atomic E-state index is 8.02. The number of aromatic nitrogens is 2. The summed E-state index contributed by atoms with van der Waals surface area (Å²) in [5.41, 5.74) is 14.5. The molecule has 0 saturated heterocycles. The van der Waals surface area contributed by atoms with Gasteiger partial charge in [0.1, 0.15) is 5.82 Å². The van der Waals surface area contributed by atoms with Crippen LogP contribution in [0.15, 0.2) is 11.2 Å². The number of nitrogen functional groups attached to an aromatic ring is 1. The summed E-state index contributed by atoms with van der Waals surface area (Å²) in [4.78, 5) is 2.63. The molecule has 0 spiro atoms. The largest absolute Gasteiger partial charge is 0.384 e. The van der Waals surface area contributed by atoms with Crippen molar-refractivity contribution >= 4 is 5.82 Å². The molecule has 0 amide bonds. The topological polar surface area (TPSA) is 92.6 Å². The molecule has 0 unspecified atom stereocenters. The molecular weight excluding hydrogens is 156 g/mol. The van der Waals surface area contributed by atoms with Crippen LogP contribution in [0.4, 0.5) is 5.82 Å². The van der Waals surface area contributed by atoms with E-state index in [9.17, 15) is 0 Å². The predicted molar refractivity (Wildman–Crippen MR) is 45.4 cm³/mol. The molecule has 64 valence electrons. The van der Waals surface area contributed by atoms with Crippen molar-refractivity contribution < 1.29 is 0 Å². The fourth-order valence-electron chi connectivity index (χ4n) is 0.929. The Bertz CT molecular complexity index is 308. The molecule has 12 heavy (non-hydrogen) atoms. The second-order valence-electron chi connectivity index (χ2n) is 2.39. The molecule has 2 N–H and O–H groups in total. The van der Waals surface area contributed by atoms with Gasteiger partial charge in [0.2, 0.25) is 0 Å². The van der Waals surface area contributed by atoms with E-state index in [2.05, 4.69) is 15.1 Å². The lowest BCUT2D eigenvalue weighted by Gasteiger charge is -1.98. The highest BCUT2D eigenvalue weighted by atomic mass is 15.3.